The fraction of sp³-hybridized carbons (Fsp3) is 0. The highest BCUT2D eigenvalue weighted by Gasteiger charge is 2.19. The Hall–Kier alpha value is -11.7. The summed E-state index contributed by atoms with van der Waals surface area (Å²) < 4.78 is 7.13. The molecule has 0 aliphatic rings. The van der Waals surface area contributed by atoms with Gasteiger partial charge in [-0.25, -0.2) is 0 Å². The second-order valence-corrected chi connectivity index (χ2v) is 22.9. The molecule has 0 unspecified atom stereocenters. The molecule has 0 amide bonds. The van der Waals surface area contributed by atoms with Crippen LogP contribution in [-0.4, -0.2) is 13.7 Å². The normalized spacial score (nSPS) is 11.6. The van der Waals surface area contributed by atoms with Gasteiger partial charge in [-0.05, 0) is 171 Å². The maximum absolute atomic E-state index is 2.38. The van der Waals surface area contributed by atoms with Gasteiger partial charge in [-0.1, -0.05) is 224 Å². The number of nitrogens with zero attached hydrogens (tertiary/aromatic N) is 4. The van der Waals surface area contributed by atoms with Crippen molar-refractivity contribution in [2.24, 2.45) is 0 Å². The molecule has 0 fully saturated rings. The first-order valence-electron chi connectivity index (χ1n) is 30.2. The first-order chi connectivity index (χ1) is 43.6. The molecule has 17 rings (SSSR count). The quantitative estimate of drug-likeness (QED) is 0.126. The zero-order valence-electron chi connectivity index (χ0n) is 48.1. The zero-order valence-corrected chi connectivity index (χ0v) is 48.1. The molecule has 14 aromatic carbocycles. The highest BCUT2D eigenvalue weighted by atomic mass is 15.1. The van der Waals surface area contributed by atoms with Crippen LogP contribution in [0.1, 0.15) is 0 Å². The van der Waals surface area contributed by atoms with E-state index in [0.717, 1.165) is 50.8 Å². The standard InChI is InChI=1S/C84H56N4/c1-3-15-67(16-4-1)86-82-26-14-10-22-76(82)78-55-65(44-54-83(78)86)63-31-27-57(28-32-63)59-35-45-69(46-36-59)85(71-49-39-61(40-50-71)62-41-51-72(52-42-62)87-79-23-11-7-19-73(79)74-20-8-12-24-80(74)87)70-47-37-60(38-48-70)58-29-33-64(34-30-58)66-43-53-77-75-21-9-13-25-81(75)88(84(77)56-66)68-17-5-2-6-18-68/h1-56H. The van der Waals surface area contributed by atoms with Gasteiger partial charge in [0.1, 0.15) is 0 Å². The second-order valence-electron chi connectivity index (χ2n) is 22.9. The van der Waals surface area contributed by atoms with Crippen LogP contribution < -0.4 is 4.90 Å². The van der Waals surface area contributed by atoms with Gasteiger partial charge < -0.3 is 18.6 Å². The Morgan fingerprint density at radius 3 is 0.807 bits per heavy atom. The summed E-state index contributed by atoms with van der Waals surface area (Å²) in [7, 11) is 0. The van der Waals surface area contributed by atoms with E-state index in [1.165, 1.54) is 104 Å². The average Bonchev–Trinajstić information content (AvgIpc) is 3.55. The van der Waals surface area contributed by atoms with E-state index >= 15 is 0 Å². The van der Waals surface area contributed by atoms with E-state index in [9.17, 15) is 0 Å². The van der Waals surface area contributed by atoms with Crippen LogP contribution in [0.3, 0.4) is 0 Å². The van der Waals surface area contributed by atoms with E-state index in [0.29, 0.717) is 0 Å². The van der Waals surface area contributed by atoms with E-state index in [-0.39, 0.29) is 0 Å². The predicted octanol–water partition coefficient (Wildman–Crippen LogP) is 22.8. The topological polar surface area (TPSA) is 18.0 Å². The predicted molar refractivity (Wildman–Crippen MR) is 371 cm³/mol. The molecule has 4 nitrogen and oxygen atoms in total. The SMILES string of the molecule is c1ccc(-n2c3ccccc3c3cc(-c4ccc(-c5ccc(N(c6ccc(-c7ccc(-c8ccc9c%10ccccc%10n(-c%10ccccc%10)c9c8)cc7)cc6)c6ccc(-c7ccc(-n8c9ccccc9c9ccccc98)cc7)cc6)cc5)cc4)ccc32)cc1. The largest absolute Gasteiger partial charge is 0.311 e. The number of benzene rings is 14. The van der Waals surface area contributed by atoms with Crippen LogP contribution in [-0.2, 0) is 0 Å². The summed E-state index contributed by atoms with van der Waals surface area (Å²) >= 11 is 0. The molecule has 4 heteroatoms. The molecule has 0 atom stereocenters. The van der Waals surface area contributed by atoms with Crippen LogP contribution in [0.5, 0.6) is 0 Å². The van der Waals surface area contributed by atoms with E-state index in [1.54, 1.807) is 0 Å². The van der Waals surface area contributed by atoms with Crippen molar-refractivity contribution >= 4 is 82.5 Å². The Kier molecular flexibility index (Phi) is 12.2. The smallest absolute Gasteiger partial charge is 0.0547 e. The average molecular weight is 1120 g/mol. The van der Waals surface area contributed by atoms with Gasteiger partial charge in [-0.3, -0.25) is 0 Å². The summed E-state index contributed by atoms with van der Waals surface area (Å²) in [6.07, 6.45) is 0. The minimum Gasteiger partial charge on any atom is -0.311 e. The van der Waals surface area contributed by atoms with Crippen molar-refractivity contribution in [1.29, 1.82) is 0 Å². The fourth-order valence-electron chi connectivity index (χ4n) is 13.6. The minimum atomic E-state index is 1.08. The van der Waals surface area contributed by atoms with Crippen LogP contribution >= 0.6 is 0 Å². The molecule has 412 valence electrons. The number of aromatic nitrogens is 3. The van der Waals surface area contributed by atoms with Crippen molar-refractivity contribution in [3.8, 4) is 72.7 Å². The van der Waals surface area contributed by atoms with Crippen molar-refractivity contribution in [3.63, 3.8) is 0 Å². The van der Waals surface area contributed by atoms with Crippen molar-refractivity contribution < 1.29 is 0 Å². The lowest BCUT2D eigenvalue weighted by Gasteiger charge is -2.26. The molecule has 0 aliphatic carbocycles. The summed E-state index contributed by atoms with van der Waals surface area (Å²) in [6, 6.07) is 124. The Morgan fingerprint density at radius 1 is 0.159 bits per heavy atom. The zero-order chi connectivity index (χ0) is 58.1. The fourth-order valence-corrected chi connectivity index (χ4v) is 13.6. The first-order valence-corrected chi connectivity index (χ1v) is 30.2. The van der Waals surface area contributed by atoms with Crippen molar-refractivity contribution in [2.45, 2.75) is 0 Å². The molecule has 3 aromatic heterocycles. The van der Waals surface area contributed by atoms with E-state index < -0.39 is 0 Å². The van der Waals surface area contributed by atoms with Crippen molar-refractivity contribution in [1.82, 2.24) is 13.7 Å². The molecule has 0 saturated carbocycles. The van der Waals surface area contributed by atoms with Gasteiger partial charge in [0, 0.05) is 66.4 Å². The Labute approximate surface area is 510 Å². The highest BCUT2D eigenvalue weighted by molar-refractivity contribution is 6.12. The maximum atomic E-state index is 2.38. The molecule has 88 heavy (non-hydrogen) atoms. The summed E-state index contributed by atoms with van der Waals surface area (Å²) in [5, 5.41) is 7.54. The third-order valence-electron chi connectivity index (χ3n) is 17.9. The van der Waals surface area contributed by atoms with Crippen LogP contribution in [0.25, 0.3) is 138 Å². The second kappa shape index (κ2) is 21.1. The highest BCUT2D eigenvalue weighted by Crippen LogP contribution is 2.42. The van der Waals surface area contributed by atoms with Crippen LogP contribution in [0, 0.1) is 0 Å². The van der Waals surface area contributed by atoms with Gasteiger partial charge in [0.25, 0.3) is 0 Å². The van der Waals surface area contributed by atoms with Crippen molar-refractivity contribution in [2.75, 3.05) is 4.90 Å². The van der Waals surface area contributed by atoms with Crippen LogP contribution in [0.15, 0.2) is 340 Å². The Balaban J connectivity index is 0.679. The number of anilines is 3. The first kappa shape index (κ1) is 50.8. The molecule has 17 aromatic rings. The molecule has 0 N–H and O–H groups in total. The molecule has 0 bridgehead atoms. The lowest BCUT2D eigenvalue weighted by atomic mass is 9.98. The molecule has 0 radical (unpaired) electrons. The minimum absolute atomic E-state index is 1.08. The number of hydrogen-bond acceptors (Lipinski definition) is 1. The summed E-state index contributed by atoms with van der Waals surface area (Å²) in [6.45, 7) is 0. The molecule has 3 heterocycles. The number of fused-ring (bicyclic) bond motifs is 9. The number of hydrogen-bond donors (Lipinski definition) is 0. The lowest BCUT2D eigenvalue weighted by Crippen LogP contribution is -2.09. The van der Waals surface area contributed by atoms with Crippen LogP contribution in [0.4, 0.5) is 17.1 Å². The van der Waals surface area contributed by atoms with E-state index in [1.807, 2.05) is 0 Å². The molecule has 0 aliphatic heterocycles. The van der Waals surface area contributed by atoms with Gasteiger partial charge >= 0.3 is 0 Å². The van der Waals surface area contributed by atoms with Gasteiger partial charge in [-0.15, -0.1) is 0 Å². The molecular formula is C84H56N4. The van der Waals surface area contributed by atoms with Gasteiger partial charge in [-0.2, -0.15) is 0 Å². The van der Waals surface area contributed by atoms with Crippen molar-refractivity contribution in [3.05, 3.63) is 340 Å². The van der Waals surface area contributed by atoms with E-state index in [4.69, 9.17) is 0 Å². The Bertz CT molecular complexity index is 5370. The third kappa shape index (κ3) is 8.69. The van der Waals surface area contributed by atoms with E-state index in [2.05, 4.69) is 358 Å². The summed E-state index contributed by atoms with van der Waals surface area (Å²) in [5.41, 5.74) is 25.7. The van der Waals surface area contributed by atoms with Crippen LogP contribution in [0.2, 0.25) is 0 Å². The number of para-hydroxylation sites is 6. The third-order valence-corrected chi connectivity index (χ3v) is 17.9. The number of rotatable bonds is 11. The molecular weight excluding hydrogens is 1060 g/mol. The summed E-state index contributed by atoms with van der Waals surface area (Å²) in [5.74, 6) is 0. The van der Waals surface area contributed by atoms with Gasteiger partial charge in [0.05, 0.1) is 33.1 Å². The maximum Gasteiger partial charge on any atom is 0.0547 e. The van der Waals surface area contributed by atoms with Gasteiger partial charge in [0.2, 0.25) is 0 Å². The van der Waals surface area contributed by atoms with Gasteiger partial charge in [0.15, 0.2) is 0 Å². The lowest BCUT2D eigenvalue weighted by molar-refractivity contribution is 1.18. The molecule has 0 spiro atoms. The molecule has 0 saturated heterocycles. The Morgan fingerprint density at radius 2 is 0.409 bits per heavy atom. The summed E-state index contributed by atoms with van der Waals surface area (Å²) in [4.78, 5) is 2.37. The monoisotopic (exact) mass is 1120 g/mol.